The molecular formula is C9H9F3N4O3. The smallest absolute Gasteiger partial charge is 0.471 e. The Morgan fingerprint density at radius 2 is 2.00 bits per heavy atom. The number of anilines is 1. The Balaban J connectivity index is 2.44. The predicted octanol–water partition coefficient (Wildman–Crippen LogP) is 0.521. The van der Waals surface area contributed by atoms with E-state index in [1.807, 2.05) is 0 Å². The van der Waals surface area contributed by atoms with E-state index < -0.39 is 29.8 Å². The Kier molecular flexibility index (Phi) is 2.95. The van der Waals surface area contributed by atoms with Gasteiger partial charge in [-0.15, -0.1) is 5.10 Å². The van der Waals surface area contributed by atoms with Crippen LogP contribution in [0.5, 0.6) is 0 Å². The molecule has 0 aromatic carbocycles. The highest BCUT2D eigenvalue weighted by Crippen LogP contribution is 2.27. The fourth-order valence-corrected chi connectivity index (χ4v) is 1.82. The number of halogens is 3. The molecule has 19 heavy (non-hydrogen) atoms. The van der Waals surface area contributed by atoms with E-state index in [1.54, 1.807) is 6.92 Å². The van der Waals surface area contributed by atoms with Gasteiger partial charge in [0.15, 0.2) is 0 Å². The van der Waals surface area contributed by atoms with E-state index in [-0.39, 0.29) is 19.0 Å². The molecule has 0 saturated heterocycles. The van der Waals surface area contributed by atoms with Gasteiger partial charge in [-0.2, -0.15) is 18.2 Å². The van der Waals surface area contributed by atoms with Gasteiger partial charge in [0.05, 0.1) is 0 Å². The Morgan fingerprint density at radius 3 is 2.53 bits per heavy atom. The Labute approximate surface area is 104 Å². The summed E-state index contributed by atoms with van der Waals surface area (Å²) in [5.74, 6) is -4.86. The molecule has 0 saturated carbocycles. The number of carbonyl (C=O) groups excluding carboxylic acids is 1. The number of alkyl halides is 3. The number of carboxylic acids is 1. The predicted molar refractivity (Wildman–Crippen MR) is 54.6 cm³/mol. The highest BCUT2D eigenvalue weighted by molar-refractivity contribution is 5.96. The summed E-state index contributed by atoms with van der Waals surface area (Å²) < 4.78 is 38.4. The number of carboxylic acid groups (broad SMARTS) is 1. The van der Waals surface area contributed by atoms with Crippen LogP contribution in [0.3, 0.4) is 0 Å². The van der Waals surface area contributed by atoms with Crippen LogP contribution in [-0.4, -0.2) is 44.5 Å². The topological polar surface area (TPSA) is 88.3 Å². The van der Waals surface area contributed by atoms with Gasteiger partial charge in [-0.05, 0) is 5.92 Å². The van der Waals surface area contributed by atoms with Crippen LogP contribution in [0, 0.1) is 5.92 Å². The first-order chi connectivity index (χ1) is 8.70. The zero-order valence-corrected chi connectivity index (χ0v) is 9.68. The molecule has 1 atom stereocenters. The van der Waals surface area contributed by atoms with Crippen LogP contribution in [0.1, 0.15) is 17.5 Å². The lowest BCUT2D eigenvalue weighted by atomic mass is 10.1. The summed E-state index contributed by atoms with van der Waals surface area (Å²) in [7, 11) is 0. The minimum Gasteiger partial charge on any atom is -0.475 e. The van der Waals surface area contributed by atoms with Crippen molar-refractivity contribution in [1.29, 1.82) is 0 Å². The molecule has 1 aromatic heterocycles. The van der Waals surface area contributed by atoms with E-state index in [2.05, 4.69) is 10.1 Å². The average molecular weight is 278 g/mol. The number of hydrogen-bond acceptors (Lipinski definition) is 4. The molecule has 1 N–H and O–H groups in total. The summed E-state index contributed by atoms with van der Waals surface area (Å²) in [6, 6.07) is 0. The summed E-state index contributed by atoms with van der Waals surface area (Å²) in [6.45, 7) is 1.65. The maximum absolute atomic E-state index is 12.5. The van der Waals surface area contributed by atoms with Crippen molar-refractivity contribution < 1.29 is 27.9 Å². The first-order valence-corrected chi connectivity index (χ1v) is 5.27. The SMILES string of the molecule is CC1CN(C(=O)C(F)(F)F)c2nc(C(=O)O)nn2C1. The first-order valence-electron chi connectivity index (χ1n) is 5.27. The van der Waals surface area contributed by atoms with Crippen LogP contribution in [0.15, 0.2) is 0 Å². The van der Waals surface area contributed by atoms with E-state index in [4.69, 9.17) is 5.11 Å². The average Bonchev–Trinajstić information content (AvgIpc) is 2.69. The number of amides is 1. The summed E-state index contributed by atoms with van der Waals surface area (Å²) in [5, 5.41) is 12.3. The van der Waals surface area contributed by atoms with Crippen LogP contribution < -0.4 is 4.90 Å². The third-order valence-corrected chi connectivity index (χ3v) is 2.55. The van der Waals surface area contributed by atoms with Crippen molar-refractivity contribution in [3.8, 4) is 0 Å². The summed E-state index contributed by atoms with van der Waals surface area (Å²) >= 11 is 0. The van der Waals surface area contributed by atoms with Crippen LogP contribution in [0.2, 0.25) is 0 Å². The van der Waals surface area contributed by atoms with E-state index in [0.29, 0.717) is 4.90 Å². The minimum absolute atomic E-state index is 0.184. The third-order valence-electron chi connectivity index (χ3n) is 2.55. The number of fused-ring (bicyclic) bond motifs is 1. The van der Waals surface area contributed by atoms with Gasteiger partial charge in [-0.1, -0.05) is 6.92 Å². The highest BCUT2D eigenvalue weighted by Gasteiger charge is 2.46. The quantitative estimate of drug-likeness (QED) is 0.809. The van der Waals surface area contributed by atoms with Gasteiger partial charge in [0.25, 0.3) is 5.82 Å². The second-order valence-corrected chi connectivity index (χ2v) is 4.24. The zero-order valence-electron chi connectivity index (χ0n) is 9.68. The maximum Gasteiger partial charge on any atom is 0.471 e. The lowest BCUT2D eigenvalue weighted by Gasteiger charge is -2.30. The van der Waals surface area contributed by atoms with Crippen LogP contribution in [-0.2, 0) is 11.3 Å². The molecule has 0 bridgehead atoms. The molecule has 2 rings (SSSR count). The van der Waals surface area contributed by atoms with Gasteiger partial charge in [0.2, 0.25) is 5.95 Å². The van der Waals surface area contributed by atoms with Crippen LogP contribution in [0.25, 0.3) is 0 Å². The molecule has 0 spiro atoms. The fraction of sp³-hybridized carbons (Fsp3) is 0.556. The van der Waals surface area contributed by atoms with E-state index in [9.17, 15) is 22.8 Å². The lowest BCUT2D eigenvalue weighted by molar-refractivity contribution is -0.170. The molecule has 2 heterocycles. The van der Waals surface area contributed by atoms with Crippen molar-refractivity contribution in [3.63, 3.8) is 0 Å². The minimum atomic E-state index is -5.04. The molecule has 7 nitrogen and oxygen atoms in total. The summed E-state index contributed by atoms with van der Waals surface area (Å²) in [6.07, 6.45) is -5.04. The summed E-state index contributed by atoms with van der Waals surface area (Å²) in [4.78, 5) is 25.9. The van der Waals surface area contributed by atoms with Gasteiger partial charge < -0.3 is 5.11 Å². The highest BCUT2D eigenvalue weighted by atomic mass is 19.4. The second kappa shape index (κ2) is 4.21. The normalized spacial score (nSPS) is 19.2. The molecule has 10 heteroatoms. The molecule has 1 aliphatic heterocycles. The van der Waals surface area contributed by atoms with E-state index in [1.165, 1.54) is 0 Å². The first kappa shape index (κ1) is 13.3. The molecule has 0 fully saturated rings. The van der Waals surface area contributed by atoms with Crippen molar-refractivity contribution in [2.24, 2.45) is 5.92 Å². The van der Waals surface area contributed by atoms with Gasteiger partial charge in [-0.25, -0.2) is 9.48 Å². The molecule has 1 aliphatic rings. The van der Waals surface area contributed by atoms with Gasteiger partial charge in [0, 0.05) is 13.1 Å². The third kappa shape index (κ3) is 2.37. The Hall–Kier alpha value is -2.13. The number of rotatable bonds is 1. The number of aromatic nitrogens is 3. The maximum atomic E-state index is 12.5. The fourth-order valence-electron chi connectivity index (χ4n) is 1.82. The Morgan fingerprint density at radius 1 is 1.37 bits per heavy atom. The van der Waals surface area contributed by atoms with Crippen molar-refractivity contribution in [2.45, 2.75) is 19.6 Å². The molecule has 1 aromatic rings. The number of carbonyl (C=O) groups is 2. The van der Waals surface area contributed by atoms with Crippen molar-refractivity contribution in [3.05, 3.63) is 5.82 Å². The van der Waals surface area contributed by atoms with Crippen LogP contribution in [0.4, 0.5) is 19.1 Å². The van der Waals surface area contributed by atoms with Crippen molar-refractivity contribution in [1.82, 2.24) is 14.8 Å². The van der Waals surface area contributed by atoms with Gasteiger partial charge >= 0.3 is 18.1 Å². The molecular weight excluding hydrogens is 269 g/mol. The number of nitrogens with zero attached hydrogens (tertiary/aromatic N) is 4. The second-order valence-electron chi connectivity index (χ2n) is 4.24. The standard InChI is InChI=1S/C9H9F3N4O3/c1-4-2-15(7(19)9(10,11)12)8-13-5(6(17)18)14-16(8)3-4/h4H,2-3H2,1H3,(H,17,18). The van der Waals surface area contributed by atoms with Gasteiger partial charge in [-0.3, -0.25) is 9.69 Å². The van der Waals surface area contributed by atoms with Crippen molar-refractivity contribution in [2.75, 3.05) is 11.4 Å². The summed E-state index contributed by atoms with van der Waals surface area (Å²) in [5.41, 5.74) is 0. The van der Waals surface area contributed by atoms with Crippen molar-refractivity contribution >= 4 is 17.8 Å². The van der Waals surface area contributed by atoms with E-state index in [0.717, 1.165) is 4.68 Å². The number of aromatic carboxylic acids is 1. The zero-order chi connectivity index (χ0) is 14.4. The van der Waals surface area contributed by atoms with E-state index >= 15 is 0 Å². The lowest BCUT2D eigenvalue weighted by Crippen LogP contribution is -2.47. The van der Waals surface area contributed by atoms with Gasteiger partial charge in [0.1, 0.15) is 0 Å². The number of hydrogen-bond donors (Lipinski definition) is 1. The molecule has 0 radical (unpaired) electrons. The molecule has 0 aliphatic carbocycles. The molecule has 1 unspecified atom stereocenters. The molecule has 104 valence electrons. The monoisotopic (exact) mass is 278 g/mol. The molecule has 1 amide bonds. The largest absolute Gasteiger partial charge is 0.475 e. The Bertz CT molecular complexity index is 539. The van der Waals surface area contributed by atoms with Crippen LogP contribution >= 0.6 is 0 Å².